The minimum absolute atomic E-state index is 0.0210. The van der Waals surface area contributed by atoms with Crippen LogP contribution in [0.25, 0.3) is 0 Å². The van der Waals surface area contributed by atoms with Gasteiger partial charge in [-0.05, 0) is 23.6 Å². The lowest BCUT2D eigenvalue weighted by molar-refractivity contribution is -0.138. The fourth-order valence-electron chi connectivity index (χ4n) is 1.86. The summed E-state index contributed by atoms with van der Waals surface area (Å²) in [4.78, 5) is 22.4. The molecule has 1 aromatic carbocycles. The molecule has 0 aliphatic heterocycles. The molecule has 1 rings (SSSR count). The van der Waals surface area contributed by atoms with Crippen molar-refractivity contribution in [3.05, 3.63) is 29.8 Å². The molecule has 1 aromatic rings. The molecule has 0 fully saturated rings. The van der Waals surface area contributed by atoms with Gasteiger partial charge in [-0.3, -0.25) is 9.59 Å². The van der Waals surface area contributed by atoms with Gasteiger partial charge in [-0.15, -0.1) is 0 Å². The molecule has 1 atom stereocenters. The number of rotatable bonds is 8. The summed E-state index contributed by atoms with van der Waals surface area (Å²) >= 11 is 0. The molecule has 0 aliphatic rings. The first-order valence-corrected chi connectivity index (χ1v) is 6.66. The summed E-state index contributed by atoms with van der Waals surface area (Å²) in [6, 6.07) is 7.30. The van der Waals surface area contributed by atoms with E-state index >= 15 is 0 Å². The Kier molecular flexibility index (Phi) is 6.56. The van der Waals surface area contributed by atoms with E-state index in [1.165, 1.54) is 0 Å². The number of carbonyl (C=O) groups is 2. The SMILES string of the molecule is CCC(CNC(=O)Cc1ccc(OC)cc1)CC(=O)O. The number of aliphatic carboxylic acids is 1. The molecule has 0 aliphatic carbocycles. The molecule has 0 heterocycles. The Morgan fingerprint density at radius 3 is 2.45 bits per heavy atom. The van der Waals surface area contributed by atoms with Crippen molar-refractivity contribution in [1.29, 1.82) is 0 Å². The van der Waals surface area contributed by atoms with E-state index in [4.69, 9.17) is 9.84 Å². The highest BCUT2D eigenvalue weighted by Gasteiger charge is 2.12. The summed E-state index contributed by atoms with van der Waals surface area (Å²) in [6.07, 6.45) is 1.10. The number of nitrogens with one attached hydrogen (secondary N) is 1. The van der Waals surface area contributed by atoms with Gasteiger partial charge >= 0.3 is 5.97 Å². The predicted octanol–water partition coefficient (Wildman–Crippen LogP) is 1.85. The highest BCUT2D eigenvalue weighted by Crippen LogP contribution is 2.12. The van der Waals surface area contributed by atoms with Crippen LogP contribution in [0.2, 0.25) is 0 Å². The van der Waals surface area contributed by atoms with Crippen LogP contribution >= 0.6 is 0 Å². The molecule has 0 radical (unpaired) electrons. The van der Waals surface area contributed by atoms with Crippen molar-refractivity contribution in [2.24, 2.45) is 5.92 Å². The maximum atomic E-state index is 11.8. The van der Waals surface area contributed by atoms with E-state index in [0.29, 0.717) is 6.54 Å². The van der Waals surface area contributed by atoms with Gasteiger partial charge in [0.05, 0.1) is 13.5 Å². The summed E-state index contributed by atoms with van der Waals surface area (Å²) in [5.74, 6) is -0.200. The van der Waals surface area contributed by atoms with Crippen LogP contribution in [0.4, 0.5) is 0 Å². The molecular formula is C15H21NO4. The average molecular weight is 279 g/mol. The molecular weight excluding hydrogens is 258 g/mol. The third-order valence-electron chi connectivity index (χ3n) is 3.15. The van der Waals surface area contributed by atoms with E-state index in [9.17, 15) is 9.59 Å². The summed E-state index contributed by atoms with van der Waals surface area (Å²) in [5.41, 5.74) is 0.898. The third-order valence-corrected chi connectivity index (χ3v) is 3.15. The molecule has 0 saturated carbocycles. The van der Waals surface area contributed by atoms with Crippen LogP contribution in [-0.2, 0) is 16.0 Å². The van der Waals surface area contributed by atoms with Crippen molar-refractivity contribution in [2.75, 3.05) is 13.7 Å². The van der Waals surface area contributed by atoms with E-state index in [2.05, 4.69) is 5.32 Å². The Hall–Kier alpha value is -2.04. The lowest BCUT2D eigenvalue weighted by Gasteiger charge is -2.13. The first kappa shape index (κ1) is 16.0. The van der Waals surface area contributed by atoms with Crippen molar-refractivity contribution < 1.29 is 19.4 Å². The monoisotopic (exact) mass is 279 g/mol. The molecule has 5 heteroatoms. The Bertz CT molecular complexity index is 442. The smallest absolute Gasteiger partial charge is 0.303 e. The van der Waals surface area contributed by atoms with E-state index < -0.39 is 5.97 Å². The van der Waals surface area contributed by atoms with Gasteiger partial charge in [0.1, 0.15) is 5.75 Å². The highest BCUT2D eigenvalue weighted by molar-refractivity contribution is 5.78. The lowest BCUT2D eigenvalue weighted by Crippen LogP contribution is -2.31. The maximum absolute atomic E-state index is 11.8. The number of carboxylic acids is 1. The van der Waals surface area contributed by atoms with Gasteiger partial charge in [0, 0.05) is 13.0 Å². The van der Waals surface area contributed by atoms with Gasteiger partial charge in [0.25, 0.3) is 0 Å². The Morgan fingerprint density at radius 1 is 1.30 bits per heavy atom. The number of amides is 1. The van der Waals surface area contributed by atoms with Crippen LogP contribution in [-0.4, -0.2) is 30.6 Å². The fourth-order valence-corrected chi connectivity index (χ4v) is 1.86. The zero-order valence-electron chi connectivity index (χ0n) is 11.9. The Balaban J connectivity index is 2.40. The molecule has 1 unspecified atom stereocenters. The van der Waals surface area contributed by atoms with Crippen molar-refractivity contribution in [3.63, 3.8) is 0 Å². The number of carbonyl (C=O) groups excluding carboxylic acids is 1. The Labute approximate surface area is 118 Å². The van der Waals surface area contributed by atoms with Crippen molar-refractivity contribution in [2.45, 2.75) is 26.2 Å². The number of benzene rings is 1. The lowest BCUT2D eigenvalue weighted by atomic mass is 10.0. The number of ether oxygens (including phenoxy) is 1. The molecule has 0 bridgehead atoms. The van der Waals surface area contributed by atoms with Gasteiger partial charge in [0.2, 0.25) is 5.91 Å². The van der Waals surface area contributed by atoms with E-state index in [1.54, 1.807) is 7.11 Å². The topological polar surface area (TPSA) is 75.6 Å². The van der Waals surface area contributed by atoms with Crippen LogP contribution in [0.5, 0.6) is 5.75 Å². The summed E-state index contributed by atoms with van der Waals surface area (Å²) < 4.78 is 5.05. The van der Waals surface area contributed by atoms with Crippen molar-refractivity contribution >= 4 is 11.9 Å². The minimum Gasteiger partial charge on any atom is -0.497 e. The number of methoxy groups -OCH3 is 1. The number of hydrogen-bond acceptors (Lipinski definition) is 3. The second-order valence-corrected chi connectivity index (χ2v) is 4.70. The maximum Gasteiger partial charge on any atom is 0.303 e. The fraction of sp³-hybridized carbons (Fsp3) is 0.467. The van der Waals surface area contributed by atoms with Crippen LogP contribution in [0.3, 0.4) is 0 Å². The minimum atomic E-state index is -0.832. The molecule has 2 N–H and O–H groups in total. The molecule has 1 amide bonds. The molecule has 110 valence electrons. The summed E-state index contributed by atoms with van der Waals surface area (Å²) in [6.45, 7) is 2.32. The van der Waals surface area contributed by atoms with Crippen LogP contribution in [0, 0.1) is 5.92 Å². The second kappa shape index (κ2) is 8.19. The van der Waals surface area contributed by atoms with E-state index in [1.807, 2.05) is 31.2 Å². The molecule has 20 heavy (non-hydrogen) atoms. The van der Waals surface area contributed by atoms with Crippen molar-refractivity contribution in [3.8, 4) is 5.75 Å². The van der Waals surface area contributed by atoms with Gasteiger partial charge in [0.15, 0.2) is 0 Å². The summed E-state index contributed by atoms with van der Waals surface area (Å²) in [5, 5.41) is 11.5. The van der Waals surface area contributed by atoms with Gasteiger partial charge in [-0.25, -0.2) is 0 Å². The summed E-state index contributed by atoms with van der Waals surface area (Å²) in [7, 11) is 1.59. The quantitative estimate of drug-likeness (QED) is 0.761. The number of carboxylic acid groups (broad SMARTS) is 1. The zero-order chi connectivity index (χ0) is 15.0. The van der Waals surface area contributed by atoms with Crippen LogP contribution in [0.1, 0.15) is 25.3 Å². The van der Waals surface area contributed by atoms with Gasteiger partial charge in [-0.2, -0.15) is 0 Å². The van der Waals surface area contributed by atoms with E-state index in [0.717, 1.165) is 17.7 Å². The molecule has 0 aromatic heterocycles. The standard InChI is InChI=1S/C15H21NO4/c1-3-11(9-15(18)19)10-16-14(17)8-12-4-6-13(20-2)7-5-12/h4-7,11H,3,8-10H2,1-2H3,(H,16,17)(H,18,19). The molecule has 0 saturated heterocycles. The van der Waals surface area contributed by atoms with E-state index in [-0.39, 0.29) is 24.7 Å². The number of hydrogen-bond donors (Lipinski definition) is 2. The zero-order valence-corrected chi connectivity index (χ0v) is 11.9. The van der Waals surface area contributed by atoms with Gasteiger partial charge < -0.3 is 15.2 Å². The predicted molar refractivity (Wildman–Crippen MR) is 75.7 cm³/mol. The van der Waals surface area contributed by atoms with Crippen LogP contribution in [0.15, 0.2) is 24.3 Å². The van der Waals surface area contributed by atoms with Crippen molar-refractivity contribution in [1.82, 2.24) is 5.32 Å². The second-order valence-electron chi connectivity index (χ2n) is 4.70. The first-order valence-electron chi connectivity index (χ1n) is 6.66. The normalized spacial score (nSPS) is 11.7. The highest BCUT2D eigenvalue weighted by atomic mass is 16.5. The first-order chi connectivity index (χ1) is 9.55. The molecule has 0 spiro atoms. The molecule has 5 nitrogen and oxygen atoms in total. The largest absolute Gasteiger partial charge is 0.497 e. The Morgan fingerprint density at radius 2 is 1.95 bits per heavy atom. The van der Waals surface area contributed by atoms with Crippen LogP contribution < -0.4 is 10.1 Å². The average Bonchev–Trinajstić information content (AvgIpc) is 2.44. The third kappa shape index (κ3) is 5.73. The van der Waals surface area contributed by atoms with Gasteiger partial charge in [-0.1, -0.05) is 25.5 Å².